The van der Waals surface area contributed by atoms with Gasteiger partial charge < -0.3 is 15.4 Å². The zero-order valence-electron chi connectivity index (χ0n) is 14.4. The molecule has 0 aliphatic carbocycles. The summed E-state index contributed by atoms with van der Waals surface area (Å²) in [4.78, 5) is 14.5. The highest BCUT2D eigenvalue weighted by Gasteiger charge is 2.23. The summed E-state index contributed by atoms with van der Waals surface area (Å²) in [6, 6.07) is 0.393. The second-order valence-corrected chi connectivity index (χ2v) is 6.59. The number of carbonyl (C=O) groups excluding carboxylic acids is 1. The van der Waals surface area contributed by atoms with Gasteiger partial charge in [0.05, 0.1) is 13.2 Å². The number of amides is 1. The summed E-state index contributed by atoms with van der Waals surface area (Å²) in [6.07, 6.45) is 3.15. The normalized spacial score (nSPS) is 24.7. The van der Waals surface area contributed by atoms with Crippen molar-refractivity contribution in [1.29, 1.82) is 0 Å². The first-order chi connectivity index (χ1) is 10.2. The van der Waals surface area contributed by atoms with E-state index in [1.165, 1.54) is 12.8 Å². The highest BCUT2D eigenvalue weighted by atomic mass is 35.5. The highest BCUT2D eigenvalue weighted by Crippen LogP contribution is 2.22. The largest absolute Gasteiger partial charge is 0.379 e. The Morgan fingerprint density at radius 3 is 2.61 bits per heavy atom. The van der Waals surface area contributed by atoms with Crippen LogP contribution in [-0.2, 0) is 9.53 Å². The number of nitrogens with zero attached hydrogens (tertiary/aromatic N) is 1. The van der Waals surface area contributed by atoms with E-state index in [9.17, 15) is 4.79 Å². The molecular formula is C16H33Cl2N3O2. The van der Waals surface area contributed by atoms with E-state index in [0.29, 0.717) is 24.3 Å². The van der Waals surface area contributed by atoms with Crippen molar-refractivity contribution in [1.82, 2.24) is 15.5 Å². The fraction of sp³-hybridized carbons (Fsp3) is 0.938. The van der Waals surface area contributed by atoms with Gasteiger partial charge in [-0.15, -0.1) is 24.8 Å². The van der Waals surface area contributed by atoms with Crippen molar-refractivity contribution < 1.29 is 9.53 Å². The Morgan fingerprint density at radius 1 is 1.30 bits per heavy atom. The van der Waals surface area contributed by atoms with E-state index in [-0.39, 0.29) is 30.7 Å². The van der Waals surface area contributed by atoms with Crippen LogP contribution in [0.15, 0.2) is 0 Å². The maximum absolute atomic E-state index is 12.1. The Morgan fingerprint density at radius 2 is 2.00 bits per heavy atom. The molecule has 7 heteroatoms. The summed E-state index contributed by atoms with van der Waals surface area (Å²) in [7, 11) is 0. The van der Waals surface area contributed by atoms with Gasteiger partial charge in [-0.1, -0.05) is 6.92 Å². The average Bonchev–Trinajstić information content (AvgIpc) is 2.54. The summed E-state index contributed by atoms with van der Waals surface area (Å²) in [6.45, 7) is 10.9. The average molecular weight is 370 g/mol. The van der Waals surface area contributed by atoms with Gasteiger partial charge in [0.2, 0.25) is 5.91 Å². The molecule has 2 heterocycles. The van der Waals surface area contributed by atoms with Crippen molar-refractivity contribution in [3.63, 3.8) is 0 Å². The number of rotatable bonds is 6. The van der Waals surface area contributed by atoms with E-state index in [2.05, 4.69) is 29.4 Å². The number of ether oxygens (including phenoxy) is 1. The van der Waals surface area contributed by atoms with Crippen molar-refractivity contribution in [2.75, 3.05) is 45.9 Å². The van der Waals surface area contributed by atoms with Gasteiger partial charge in [-0.05, 0) is 44.7 Å². The smallest absolute Gasteiger partial charge is 0.220 e. The predicted octanol–water partition coefficient (Wildman–Crippen LogP) is 1.69. The van der Waals surface area contributed by atoms with Gasteiger partial charge in [0, 0.05) is 32.1 Å². The maximum atomic E-state index is 12.1. The molecule has 2 fully saturated rings. The molecule has 2 aliphatic rings. The number of halogens is 2. The van der Waals surface area contributed by atoms with Crippen molar-refractivity contribution >= 4 is 30.7 Å². The molecule has 0 bridgehead atoms. The first-order valence-electron chi connectivity index (χ1n) is 8.46. The lowest BCUT2D eigenvalue weighted by atomic mass is 9.85. The molecule has 5 nitrogen and oxygen atoms in total. The van der Waals surface area contributed by atoms with E-state index in [4.69, 9.17) is 4.74 Å². The lowest BCUT2D eigenvalue weighted by Crippen LogP contribution is -2.47. The van der Waals surface area contributed by atoms with E-state index in [1.54, 1.807) is 0 Å². The summed E-state index contributed by atoms with van der Waals surface area (Å²) in [5.74, 6) is 1.32. The fourth-order valence-corrected chi connectivity index (χ4v) is 3.30. The number of hydrogen-bond donors (Lipinski definition) is 2. The first kappa shape index (κ1) is 22.9. The predicted molar refractivity (Wildman–Crippen MR) is 98.7 cm³/mol. The van der Waals surface area contributed by atoms with Crippen molar-refractivity contribution in [3.05, 3.63) is 0 Å². The second kappa shape index (κ2) is 12.3. The third-order valence-corrected chi connectivity index (χ3v) is 4.91. The topological polar surface area (TPSA) is 53.6 Å². The molecule has 0 aromatic heterocycles. The number of piperidine rings is 1. The summed E-state index contributed by atoms with van der Waals surface area (Å²) in [5, 5.41) is 6.54. The van der Waals surface area contributed by atoms with Gasteiger partial charge in [-0.25, -0.2) is 0 Å². The Balaban J connectivity index is 0.00000242. The van der Waals surface area contributed by atoms with Crippen molar-refractivity contribution in [2.45, 2.75) is 39.2 Å². The van der Waals surface area contributed by atoms with Gasteiger partial charge >= 0.3 is 0 Å². The van der Waals surface area contributed by atoms with Crippen LogP contribution in [0, 0.1) is 11.8 Å². The Bertz CT molecular complexity index is 322. The minimum absolute atomic E-state index is 0. The number of carbonyl (C=O) groups is 1. The SMILES string of the molecule is CC(CC(=O)NCC(C)N1CCOCC1)C1CCCNC1.Cl.Cl. The van der Waals surface area contributed by atoms with Crippen LogP contribution in [0.2, 0.25) is 0 Å². The second-order valence-electron chi connectivity index (χ2n) is 6.59. The molecule has 0 aromatic carbocycles. The van der Waals surface area contributed by atoms with E-state index in [0.717, 1.165) is 45.9 Å². The molecule has 3 unspecified atom stereocenters. The summed E-state index contributed by atoms with van der Waals surface area (Å²) in [5.41, 5.74) is 0. The van der Waals surface area contributed by atoms with Crippen LogP contribution in [0.4, 0.5) is 0 Å². The third kappa shape index (κ3) is 8.03. The standard InChI is InChI=1S/C16H31N3O2.2ClH/c1-13(15-4-3-5-17-12-15)10-16(20)18-11-14(2)19-6-8-21-9-7-19;;/h13-15,17H,3-12H2,1-2H3,(H,18,20);2*1H. The van der Waals surface area contributed by atoms with Gasteiger partial charge in [0.15, 0.2) is 0 Å². The minimum Gasteiger partial charge on any atom is -0.379 e. The molecule has 0 spiro atoms. The monoisotopic (exact) mass is 369 g/mol. The summed E-state index contributed by atoms with van der Waals surface area (Å²) >= 11 is 0. The molecule has 2 rings (SSSR count). The van der Waals surface area contributed by atoms with Crippen molar-refractivity contribution in [3.8, 4) is 0 Å². The van der Waals surface area contributed by atoms with Crippen LogP contribution in [0.5, 0.6) is 0 Å². The quantitative estimate of drug-likeness (QED) is 0.747. The van der Waals surface area contributed by atoms with Crippen LogP contribution in [0.25, 0.3) is 0 Å². The van der Waals surface area contributed by atoms with Gasteiger partial charge in [-0.2, -0.15) is 0 Å². The molecule has 2 N–H and O–H groups in total. The zero-order chi connectivity index (χ0) is 15.1. The Labute approximate surface area is 153 Å². The molecule has 0 aromatic rings. The Hall–Kier alpha value is -0.0700. The van der Waals surface area contributed by atoms with Crippen LogP contribution in [0.3, 0.4) is 0 Å². The fourth-order valence-electron chi connectivity index (χ4n) is 3.30. The van der Waals surface area contributed by atoms with Gasteiger partial charge in [-0.3, -0.25) is 9.69 Å². The first-order valence-corrected chi connectivity index (χ1v) is 8.46. The molecule has 23 heavy (non-hydrogen) atoms. The number of morpholine rings is 1. The van der Waals surface area contributed by atoms with E-state index >= 15 is 0 Å². The zero-order valence-corrected chi connectivity index (χ0v) is 16.0. The highest BCUT2D eigenvalue weighted by molar-refractivity contribution is 5.85. The van der Waals surface area contributed by atoms with Gasteiger partial charge in [0.1, 0.15) is 0 Å². The molecule has 1 amide bonds. The molecule has 2 aliphatic heterocycles. The molecule has 2 saturated heterocycles. The lowest BCUT2D eigenvalue weighted by Gasteiger charge is -2.32. The van der Waals surface area contributed by atoms with Crippen LogP contribution >= 0.6 is 24.8 Å². The van der Waals surface area contributed by atoms with Crippen LogP contribution in [0.1, 0.15) is 33.1 Å². The molecule has 3 atom stereocenters. The van der Waals surface area contributed by atoms with Gasteiger partial charge in [0.25, 0.3) is 0 Å². The molecule has 0 radical (unpaired) electrons. The molecular weight excluding hydrogens is 337 g/mol. The van der Waals surface area contributed by atoms with E-state index < -0.39 is 0 Å². The summed E-state index contributed by atoms with van der Waals surface area (Å²) < 4.78 is 5.36. The van der Waals surface area contributed by atoms with Crippen LogP contribution < -0.4 is 10.6 Å². The molecule has 0 saturated carbocycles. The van der Waals surface area contributed by atoms with Crippen LogP contribution in [-0.4, -0.2) is 62.8 Å². The maximum Gasteiger partial charge on any atom is 0.220 e. The number of hydrogen-bond acceptors (Lipinski definition) is 4. The van der Waals surface area contributed by atoms with E-state index in [1.807, 2.05) is 0 Å². The molecule has 138 valence electrons. The third-order valence-electron chi connectivity index (χ3n) is 4.91. The minimum atomic E-state index is 0. The number of nitrogens with one attached hydrogen (secondary N) is 2. The van der Waals surface area contributed by atoms with Crippen molar-refractivity contribution in [2.24, 2.45) is 11.8 Å². The Kier molecular flexibility index (Phi) is 12.3. The lowest BCUT2D eigenvalue weighted by molar-refractivity contribution is -0.122.